The van der Waals surface area contributed by atoms with Crippen molar-refractivity contribution >= 4 is 5.91 Å². The van der Waals surface area contributed by atoms with E-state index in [1.54, 1.807) is 0 Å². The monoisotopic (exact) mass is 239 g/mol. The summed E-state index contributed by atoms with van der Waals surface area (Å²) in [5, 5.41) is 6.55. The highest BCUT2D eigenvalue weighted by Crippen LogP contribution is 2.25. The minimum Gasteiger partial charge on any atom is -0.355 e. The number of carbonyl (C=O) groups is 1. The van der Waals surface area contributed by atoms with E-state index < -0.39 is 0 Å². The molecule has 2 N–H and O–H groups in total. The Bertz CT molecular complexity index is 269. The second kappa shape index (κ2) is 5.83. The van der Waals surface area contributed by atoms with Gasteiger partial charge in [0.2, 0.25) is 5.91 Å². The van der Waals surface area contributed by atoms with Crippen LogP contribution in [-0.4, -0.2) is 49.1 Å². The lowest BCUT2D eigenvalue weighted by atomic mass is 9.92. The molecule has 3 atom stereocenters. The fourth-order valence-corrected chi connectivity index (χ4v) is 2.99. The zero-order valence-electron chi connectivity index (χ0n) is 11.0. The maximum atomic E-state index is 11.9. The van der Waals surface area contributed by atoms with Crippen molar-refractivity contribution in [2.45, 2.75) is 45.2 Å². The van der Waals surface area contributed by atoms with Gasteiger partial charge in [0.15, 0.2) is 0 Å². The van der Waals surface area contributed by atoms with Crippen LogP contribution in [0.25, 0.3) is 0 Å². The highest BCUT2D eigenvalue weighted by molar-refractivity contribution is 5.81. The van der Waals surface area contributed by atoms with Crippen molar-refractivity contribution in [1.82, 2.24) is 15.5 Å². The Labute approximate surface area is 104 Å². The Morgan fingerprint density at radius 2 is 2.35 bits per heavy atom. The number of likely N-dealkylation sites (tertiary alicyclic amines) is 1. The van der Waals surface area contributed by atoms with E-state index in [0.29, 0.717) is 6.04 Å². The third kappa shape index (κ3) is 2.99. The average Bonchev–Trinajstić information content (AvgIpc) is 2.81. The van der Waals surface area contributed by atoms with Gasteiger partial charge in [0.1, 0.15) is 0 Å². The fourth-order valence-electron chi connectivity index (χ4n) is 2.99. The summed E-state index contributed by atoms with van der Waals surface area (Å²) in [6, 6.07) is 0.736. The Morgan fingerprint density at radius 3 is 3.12 bits per heavy atom. The third-order valence-electron chi connectivity index (χ3n) is 4.16. The number of piperidine rings is 1. The largest absolute Gasteiger partial charge is 0.355 e. The highest BCUT2D eigenvalue weighted by Gasteiger charge is 2.35. The van der Waals surface area contributed by atoms with Crippen LogP contribution in [0.3, 0.4) is 0 Å². The van der Waals surface area contributed by atoms with Gasteiger partial charge in [-0.3, -0.25) is 9.69 Å². The van der Waals surface area contributed by atoms with E-state index in [-0.39, 0.29) is 11.9 Å². The summed E-state index contributed by atoms with van der Waals surface area (Å²) in [5.74, 6) is 0.946. The van der Waals surface area contributed by atoms with Crippen LogP contribution in [0.4, 0.5) is 0 Å². The van der Waals surface area contributed by atoms with Crippen LogP contribution in [0.15, 0.2) is 0 Å². The molecule has 0 saturated carbocycles. The van der Waals surface area contributed by atoms with Crippen molar-refractivity contribution in [2.24, 2.45) is 5.92 Å². The molecular weight excluding hydrogens is 214 g/mol. The molecule has 2 fully saturated rings. The van der Waals surface area contributed by atoms with Gasteiger partial charge in [-0.2, -0.15) is 0 Å². The van der Waals surface area contributed by atoms with E-state index in [1.807, 2.05) is 6.92 Å². The molecular formula is C13H25N3O. The summed E-state index contributed by atoms with van der Waals surface area (Å²) < 4.78 is 0. The normalized spacial score (nSPS) is 30.9. The fraction of sp³-hybridized carbons (Fsp3) is 0.923. The zero-order chi connectivity index (χ0) is 12.3. The number of fused-ring (bicyclic) bond motifs is 1. The first-order valence-electron chi connectivity index (χ1n) is 6.97. The lowest BCUT2D eigenvalue weighted by Crippen LogP contribution is -2.52. The Hall–Kier alpha value is -0.610. The number of nitrogens with one attached hydrogen (secondary N) is 2. The Balaban J connectivity index is 1.83. The molecule has 2 saturated heterocycles. The molecule has 2 aliphatic rings. The van der Waals surface area contributed by atoms with Gasteiger partial charge in [-0.15, -0.1) is 0 Å². The van der Waals surface area contributed by atoms with Crippen LogP contribution in [0.2, 0.25) is 0 Å². The predicted octanol–water partition coefficient (Wildman–Crippen LogP) is 0.585. The van der Waals surface area contributed by atoms with Gasteiger partial charge in [-0.1, -0.05) is 6.92 Å². The summed E-state index contributed by atoms with van der Waals surface area (Å²) in [4.78, 5) is 14.3. The van der Waals surface area contributed by atoms with Crippen LogP contribution in [0.1, 0.15) is 33.1 Å². The van der Waals surface area contributed by atoms with E-state index in [4.69, 9.17) is 0 Å². The summed E-state index contributed by atoms with van der Waals surface area (Å²) >= 11 is 0. The number of amides is 1. The molecule has 1 amide bonds. The zero-order valence-corrected chi connectivity index (χ0v) is 11.0. The van der Waals surface area contributed by atoms with Crippen molar-refractivity contribution in [1.29, 1.82) is 0 Å². The molecule has 2 aliphatic heterocycles. The topological polar surface area (TPSA) is 44.4 Å². The van der Waals surface area contributed by atoms with Gasteiger partial charge in [-0.25, -0.2) is 0 Å². The van der Waals surface area contributed by atoms with Crippen molar-refractivity contribution in [3.63, 3.8) is 0 Å². The number of carbonyl (C=O) groups excluding carboxylic acids is 1. The second-order valence-corrected chi connectivity index (χ2v) is 5.36. The number of nitrogens with zero attached hydrogens (tertiary/aromatic N) is 1. The molecule has 17 heavy (non-hydrogen) atoms. The van der Waals surface area contributed by atoms with Crippen LogP contribution in [0.5, 0.6) is 0 Å². The van der Waals surface area contributed by atoms with Crippen molar-refractivity contribution < 1.29 is 4.79 Å². The number of hydrogen-bond acceptors (Lipinski definition) is 3. The molecule has 0 bridgehead atoms. The number of hydrogen-bond donors (Lipinski definition) is 2. The van der Waals surface area contributed by atoms with E-state index in [1.165, 1.54) is 12.8 Å². The molecule has 2 rings (SSSR count). The maximum Gasteiger partial charge on any atom is 0.237 e. The van der Waals surface area contributed by atoms with Crippen LogP contribution in [0, 0.1) is 5.92 Å². The SMILES string of the molecule is CCCNC(=O)C(C)N1CCC2NCCC2C1. The lowest BCUT2D eigenvalue weighted by molar-refractivity contribution is -0.126. The Kier molecular flexibility index (Phi) is 4.40. The molecule has 0 aromatic heterocycles. The quantitative estimate of drug-likeness (QED) is 0.754. The summed E-state index contributed by atoms with van der Waals surface area (Å²) in [5.41, 5.74) is 0. The van der Waals surface area contributed by atoms with E-state index >= 15 is 0 Å². The number of rotatable bonds is 4. The first-order chi connectivity index (χ1) is 8.22. The van der Waals surface area contributed by atoms with E-state index in [0.717, 1.165) is 38.5 Å². The molecule has 2 heterocycles. The van der Waals surface area contributed by atoms with Crippen molar-refractivity contribution in [2.75, 3.05) is 26.2 Å². The molecule has 0 aromatic rings. The lowest BCUT2D eigenvalue weighted by Gasteiger charge is -2.37. The van der Waals surface area contributed by atoms with Crippen molar-refractivity contribution in [3.8, 4) is 0 Å². The molecule has 4 nitrogen and oxygen atoms in total. The molecule has 0 aromatic carbocycles. The van der Waals surface area contributed by atoms with E-state index in [9.17, 15) is 4.79 Å². The van der Waals surface area contributed by atoms with Gasteiger partial charge >= 0.3 is 0 Å². The molecule has 0 aliphatic carbocycles. The van der Waals surface area contributed by atoms with Crippen molar-refractivity contribution in [3.05, 3.63) is 0 Å². The molecule has 3 unspecified atom stereocenters. The second-order valence-electron chi connectivity index (χ2n) is 5.36. The van der Waals surface area contributed by atoms with E-state index in [2.05, 4.69) is 22.5 Å². The maximum absolute atomic E-state index is 11.9. The first-order valence-corrected chi connectivity index (χ1v) is 6.97. The van der Waals surface area contributed by atoms with Crippen LogP contribution < -0.4 is 10.6 Å². The van der Waals surface area contributed by atoms with Crippen LogP contribution in [-0.2, 0) is 4.79 Å². The third-order valence-corrected chi connectivity index (χ3v) is 4.16. The predicted molar refractivity (Wildman–Crippen MR) is 68.9 cm³/mol. The van der Waals surface area contributed by atoms with Crippen LogP contribution >= 0.6 is 0 Å². The Morgan fingerprint density at radius 1 is 1.53 bits per heavy atom. The highest BCUT2D eigenvalue weighted by atomic mass is 16.2. The standard InChI is InChI=1S/C13H25N3O/c1-3-6-15-13(17)10(2)16-8-5-12-11(9-16)4-7-14-12/h10-12,14H,3-9H2,1-2H3,(H,15,17). The van der Waals surface area contributed by atoms with Gasteiger partial charge in [0, 0.05) is 25.7 Å². The minimum absolute atomic E-state index is 0.0306. The summed E-state index contributed by atoms with van der Waals surface area (Å²) in [6.07, 6.45) is 3.47. The van der Waals surface area contributed by atoms with Gasteiger partial charge in [0.25, 0.3) is 0 Å². The molecule has 0 radical (unpaired) electrons. The smallest absolute Gasteiger partial charge is 0.237 e. The molecule has 4 heteroatoms. The summed E-state index contributed by atoms with van der Waals surface area (Å²) in [6.45, 7) is 8.20. The van der Waals surface area contributed by atoms with Gasteiger partial charge in [0.05, 0.1) is 6.04 Å². The van der Waals surface area contributed by atoms with Gasteiger partial charge < -0.3 is 10.6 Å². The molecule has 98 valence electrons. The summed E-state index contributed by atoms with van der Waals surface area (Å²) in [7, 11) is 0. The minimum atomic E-state index is 0.0306. The molecule has 0 spiro atoms. The average molecular weight is 239 g/mol. The van der Waals surface area contributed by atoms with Gasteiger partial charge in [-0.05, 0) is 38.6 Å². The first kappa shape index (κ1) is 12.8.